The molecule has 78 valence electrons. The molecule has 0 aliphatic heterocycles. The maximum absolute atomic E-state index is 5.95. The highest BCUT2D eigenvalue weighted by molar-refractivity contribution is 5.02. The van der Waals surface area contributed by atoms with E-state index in [2.05, 4.69) is 13.8 Å². The quantitative estimate of drug-likeness (QED) is 0.657. The van der Waals surface area contributed by atoms with Gasteiger partial charge in [0.15, 0.2) is 0 Å². The van der Waals surface area contributed by atoms with Crippen molar-refractivity contribution in [2.75, 3.05) is 20.3 Å². The lowest BCUT2D eigenvalue weighted by atomic mass is 9.62. The maximum atomic E-state index is 5.95. The molecule has 0 aromatic carbocycles. The van der Waals surface area contributed by atoms with E-state index in [4.69, 9.17) is 15.2 Å². The van der Waals surface area contributed by atoms with E-state index in [0.29, 0.717) is 25.4 Å². The molecule has 3 unspecified atom stereocenters. The third-order valence-corrected chi connectivity index (χ3v) is 3.42. The molecule has 0 heterocycles. The summed E-state index contributed by atoms with van der Waals surface area (Å²) in [5.41, 5.74) is 6.14. The standard InChI is InChI=1S/C10H21NO2/c1-4-10(2)8(11)7-9(10)13-6-5-12-3/h8-9H,4-7,11H2,1-3H3. The van der Waals surface area contributed by atoms with Crippen LogP contribution in [0.25, 0.3) is 0 Å². The zero-order chi connectivity index (χ0) is 9.90. The molecular weight excluding hydrogens is 166 g/mol. The average molecular weight is 187 g/mol. The molecule has 0 spiro atoms. The molecule has 3 atom stereocenters. The zero-order valence-corrected chi connectivity index (χ0v) is 8.88. The smallest absolute Gasteiger partial charge is 0.0704 e. The van der Waals surface area contributed by atoms with Gasteiger partial charge in [0.2, 0.25) is 0 Å². The van der Waals surface area contributed by atoms with Gasteiger partial charge in [0.1, 0.15) is 0 Å². The van der Waals surface area contributed by atoms with Crippen molar-refractivity contribution in [1.29, 1.82) is 0 Å². The third kappa shape index (κ3) is 2.03. The second kappa shape index (κ2) is 4.40. The van der Waals surface area contributed by atoms with Crippen LogP contribution in [0.5, 0.6) is 0 Å². The molecule has 0 saturated heterocycles. The van der Waals surface area contributed by atoms with Gasteiger partial charge in [-0.1, -0.05) is 13.8 Å². The van der Waals surface area contributed by atoms with Crippen LogP contribution in [0.1, 0.15) is 26.7 Å². The third-order valence-electron chi connectivity index (χ3n) is 3.42. The second-order valence-electron chi connectivity index (χ2n) is 4.05. The minimum absolute atomic E-state index is 0.188. The van der Waals surface area contributed by atoms with Crippen LogP contribution in [0, 0.1) is 5.41 Å². The SMILES string of the molecule is CCC1(C)C(N)CC1OCCOC. The number of ether oxygens (including phenoxy) is 2. The van der Waals surface area contributed by atoms with Crippen LogP contribution >= 0.6 is 0 Å². The Morgan fingerprint density at radius 1 is 1.46 bits per heavy atom. The fourth-order valence-electron chi connectivity index (χ4n) is 1.87. The van der Waals surface area contributed by atoms with E-state index in [9.17, 15) is 0 Å². The molecule has 1 rings (SSSR count). The summed E-state index contributed by atoms with van der Waals surface area (Å²) in [6.45, 7) is 5.74. The Balaban J connectivity index is 2.28. The Morgan fingerprint density at radius 2 is 2.15 bits per heavy atom. The molecule has 2 N–H and O–H groups in total. The van der Waals surface area contributed by atoms with Crippen molar-refractivity contribution >= 4 is 0 Å². The van der Waals surface area contributed by atoms with E-state index in [1.165, 1.54) is 0 Å². The number of hydrogen-bond acceptors (Lipinski definition) is 3. The van der Waals surface area contributed by atoms with Crippen molar-refractivity contribution in [3.05, 3.63) is 0 Å². The molecule has 0 amide bonds. The van der Waals surface area contributed by atoms with Crippen LogP contribution in [0.4, 0.5) is 0 Å². The number of rotatable bonds is 5. The second-order valence-corrected chi connectivity index (χ2v) is 4.05. The Morgan fingerprint density at radius 3 is 2.62 bits per heavy atom. The summed E-state index contributed by atoms with van der Waals surface area (Å²) in [6.07, 6.45) is 2.42. The van der Waals surface area contributed by atoms with Gasteiger partial charge in [-0.2, -0.15) is 0 Å². The normalized spacial score (nSPS) is 38.8. The van der Waals surface area contributed by atoms with Gasteiger partial charge in [-0.15, -0.1) is 0 Å². The predicted octanol–water partition coefficient (Wildman–Crippen LogP) is 1.17. The molecule has 1 saturated carbocycles. The highest BCUT2D eigenvalue weighted by Gasteiger charge is 2.49. The first-order valence-corrected chi connectivity index (χ1v) is 5.01. The van der Waals surface area contributed by atoms with Gasteiger partial charge in [-0.3, -0.25) is 0 Å². The lowest BCUT2D eigenvalue weighted by Crippen LogP contribution is -2.60. The van der Waals surface area contributed by atoms with Gasteiger partial charge in [0.05, 0.1) is 19.3 Å². The molecule has 1 fully saturated rings. The Kier molecular flexibility index (Phi) is 3.71. The van der Waals surface area contributed by atoms with Crippen molar-refractivity contribution in [2.24, 2.45) is 11.1 Å². The van der Waals surface area contributed by atoms with E-state index in [-0.39, 0.29) is 5.41 Å². The Hall–Kier alpha value is -0.120. The first kappa shape index (κ1) is 11.0. The van der Waals surface area contributed by atoms with Crippen molar-refractivity contribution < 1.29 is 9.47 Å². The molecule has 13 heavy (non-hydrogen) atoms. The molecule has 0 bridgehead atoms. The largest absolute Gasteiger partial charge is 0.382 e. The monoisotopic (exact) mass is 187 g/mol. The summed E-state index contributed by atoms with van der Waals surface area (Å²) >= 11 is 0. The van der Waals surface area contributed by atoms with E-state index < -0.39 is 0 Å². The minimum atomic E-state index is 0.188. The molecule has 0 aromatic rings. The number of nitrogens with two attached hydrogens (primary N) is 1. The van der Waals surface area contributed by atoms with E-state index in [1.807, 2.05) is 0 Å². The fourth-order valence-corrected chi connectivity index (χ4v) is 1.87. The molecule has 0 aromatic heterocycles. The summed E-state index contributed by atoms with van der Waals surface area (Å²) in [5, 5.41) is 0. The number of methoxy groups -OCH3 is 1. The van der Waals surface area contributed by atoms with Crippen LogP contribution in [0.3, 0.4) is 0 Å². The van der Waals surface area contributed by atoms with Crippen LogP contribution in [-0.4, -0.2) is 32.5 Å². The van der Waals surface area contributed by atoms with Crippen molar-refractivity contribution in [3.63, 3.8) is 0 Å². The van der Waals surface area contributed by atoms with Gasteiger partial charge >= 0.3 is 0 Å². The summed E-state index contributed by atoms with van der Waals surface area (Å²) < 4.78 is 10.6. The van der Waals surface area contributed by atoms with Crippen molar-refractivity contribution in [2.45, 2.75) is 38.8 Å². The van der Waals surface area contributed by atoms with Crippen LogP contribution in [0.2, 0.25) is 0 Å². The summed E-state index contributed by atoms with van der Waals surface area (Å²) in [7, 11) is 1.69. The molecule has 1 aliphatic carbocycles. The van der Waals surface area contributed by atoms with Gasteiger partial charge in [0.25, 0.3) is 0 Å². The zero-order valence-electron chi connectivity index (χ0n) is 8.88. The Labute approximate surface area is 80.6 Å². The lowest BCUT2D eigenvalue weighted by Gasteiger charge is -2.51. The van der Waals surface area contributed by atoms with E-state index in [0.717, 1.165) is 12.8 Å². The molecule has 3 nitrogen and oxygen atoms in total. The van der Waals surface area contributed by atoms with Gasteiger partial charge in [-0.25, -0.2) is 0 Å². The van der Waals surface area contributed by atoms with Crippen molar-refractivity contribution in [1.82, 2.24) is 0 Å². The highest BCUT2D eigenvalue weighted by Crippen LogP contribution is 2.44. The highest BCUT2D eigenvalue weighted by atomic mass is 16.5. The maximum Gasteiger partial charge on any atom is 0.0704 e. The summed E-state index contributed by atoms with van der Waals surface area (Å²) in [4.78, 5) is 0. The van der Waals surface area contributed by atoms with Crippen molar-refractivity contribution in [3.8, 4) is 0 Å². The van der Waals surface area contributed by atoms with Crippen LogP contribution in [0.15, 0.2) is 0 Å². The fraction of sp³-hybridized carbons (Fsp3) is 1.00. The molecule has 1 aliphatic rings. The van der Waals surface area contributed by atoms with Crippen LogP contribution in [-0.2, 0) is 9.47 Å². The van der Waals surface area contributed by atoms with Gasteiger partial charge < -0.3 is 15.2 Å². The average Bonchev–Trinajstić information content (AvgIpc) is 2.15. The minimum Gasteiger partial charge on any atom is -0.382 e. The Bertz CT molecular complexity index is 163. The molecule has 3 heteroatoms. The topological polar surface area (TPSA) is 44.5 Å². The van der Waals surface area contributed by atoms with Crippen LogP contribution < -0.4 is 5.73 Å². The first-order valence-electron chi connectivity index (χ1n) is 5.01. The summed E-state index contributed by atoms with van der Waals surface area (Å²) in [5.74, 6) is 0. The number of hydrogen-bond donors (Lipinski definition) is 1. The van der Waals surface area contributed by atoms with Gasteiger partial charge in [-0.05, 0) is 12.8 Å². The molecule has 0 radical (unpaired) electrons. The summed E-state index contributed by atoms with van der Waals surface area (Å²) in [6, 6.07) is 0.310. The molecular formula is C10H21NO2. The van der Waals surface area contributed by atoms with E-state index in [1.54, 1.807) is 7.11 Å². The predicted molar refractivity (Wildman–Crippen MR) is 52.6 cm³/mol. The lowest BCUT2D eigenvalue weighted by molar-refractivity contribution is -0.126. The van der Waals surface area contributed by atoms with Gasteiger partial charge in [0, 0.05) is 18.6 Å². The first-order chi connectivity index (χ1) is 6.15. The van der Waals surface area contributed by atoms with E-state index >= 15 is 0 Å².